The highest BCUT2D eigenvalue weighted by Gasteiger charge is 2.25. The highest BCUT2D eigenvalue weighted by atomic mass is 16.4. The summed E-state index contributed by atoms with van der Waals surface area (Å²) in [6.07, 6.45) is 4.41. The van der Waals surface area contributed by atoms with E-state index in [4.69, 9.17) is 9.52 Å². The number of carbonyl (C=O) groups is 1. The van der Waals surface area contributed by atoms with E-state index in [0.29, 0.717) is 31.7 Å². The number of carboxylic acids is 1. The average molecular weight is 273 g/mol. The zero-order chi connectivity index (χ0) is 13.9. The number of hydrogen-bond acceptors (Lipinski definition) is 5. The van der Waals surface area contributed by atoms with Crippen molar-refractivity contribution in [1.29, 1.82) is 0 Å². The van der Waals surface area contributed by atoms with E-state index < -0.39 is 5.97 Å². The summed E-state index contributed by atoms with van der Waals surface area (Å²) in [5.41, 5.74) is 0.736. The van der Waals surface area contributed by atoms with Crippen molar-refractivity contribution in [2.75, 3.05) is 18.0 Å². The summed E-state index contributed by atoms with van der Waals surface area (Å²) in [6.45, 7) is 1.40. The van der Waals surface area contributed by atoms with Gasteiger partial charge in [0.25, 0.3) is 0 Å². The van der Waals surface area contributed by atoms with Crippen molar-refractivity contribution in [3.05, 3.63) is 30.8 Å². The van der Waals surface area contributed by atoms with E-state index in [-0.39, 0.29) is 5.92 Å². The van der Waals surface area contributed by atoms with Crippen molar-refractivity contribution in [1.82, 2.24) is 9.97 Å². The second-order valence-corrected chi connectivity index (χ2v) is 4.84. The lowest BCUT2D eigenvalue weighted by atomic mass is 9.97. The van der Waals surface area contributed by atoms with E-state index in [1.165, 1.54) is 6.33 Å². The predicted octanol–water partition coefficient (Wildman–Crippen LogP) is 2.04. The molecule has 0 unspecified atom stereocenters. The zero-order valence-corrected chi connectivity index (χ0v) is 10.9. The Morgan fingerprint density at radius 3 is 2.80 bits per heavy atom. The molecule has 1 N–H and O–H groups in total. The maximum absolute atomic E-state index is 11.0. The van der Waals surface area contributed by atoms with Gasteiger partial charge in [-0.15, -0.1) is 0 Å². The molecule has 1 fully saturated rings. The van der Waals surface area contributed by atoms with Crippen LogP contribution >= 0.6 is 0 Å². The summed E-state index contributed by atoms with van der Waals surface area (Å²) in [6, 6.07) is 5.54. The first-order chi connectivity index (χ1) is 9.74. The van der Waals surface area contributed by atoms with E-state index in [1.54, 1.807) is 6.26 Å². The normalized spacial score (nSPS) is 16.3. The lowest BCUT2D eigenvalue weighted by molar-refractivity contribution is -0.142. The molecule has 1 saturated heterocycles. The monoisotopic (exact) mass is 273 g/mol. The van der Waals surface area contributed by atoms with Gasteiger partial charge < -0.3 is 14.4 Å². The smallest absolute Gasteiger partial charge is 0.306 e. The zero-order valence-electron chi connectivity index (χ0n) is 10.9. The molecule has 3 rings (SSSR count). The molecule has 0 spiro atoms. The van der Waals surface area contributed by atoms with Gasteiger partial charge in [0.05, 0.1) is 12.2 Å². The van der Waals surface area contributed by atoms with Crippen LogP contribution in [0.15, 0.2) is 35.2 Å². The fraction of sp³-hybridized carbons (Fsp3) is 0.357. The Balaban J connectivity index is 1.75. The predicted molar refractivity (Wildman–Crippen MR) is 72.3 cm³/mol. The van der Waals surface area contributed by atoms with Gasteiger partial charge in [0.1, 0.15) is 17.8 Å². The minimum atomic E-state index is -0.705. The molecule has 3 heterocycles. The molecule has 0 aromatic carbocycles. The lowest BCUT2D eigenvalue weighted by Gasteiger charge is -2.30. The third-order valence-electron chi connectivity index (χ3n) is 3.59. The third kappa shape index (κ3) is 2.49. The van der Waals surface area contributed by atoms with Crippen LogP contribution < -0.4 is 4.90 Å². The molecule has 6 heteroatoms. The maximum Gasteiger partial charge on any atom is 0.306 e. The van der Waals surface area contributed by atoms with Crippen LogP contribution in [0, 0.1) is 5.92 Å². The van der Waals surface area contributed by atoms with Crippen LogP contribution in [-0.2, 0) is 4.79 Å². The molecule has 6 nitrogen and oxygen atoms in total. The largest absolute Gasteiger partial charge is 0.481 e. The fourth-order valence-corrected chi connectivity index (χ4v) is 2.43. The topological polar surface area (TPSA) is 79.5 Å². The molecule has 0 atom stereocenters. The number of furan rings is 1. The fourth-order valence-electron chi connectivity index (χ4n) is 2.43. The summed E-state index contributed by atoms with van der Waals surface area (Å²) >= 11 is 0. The highest BCUT2D eigenvalue weighted by molar-refractivity contribution is 5.70. The molecule has 20 heavy (non-hydrogen) atoms. The summed E-state index contributed by atoms with van der Waals surface area (Å²) < 4.78 is 5.32. The summed E-state index contributed by atoms with van der Waals surface area (Å²) in [7, 11) is 0. The maximum atomic E-state index is 11.0. The van der Waals surface area contributed by atoms with Gasteiger partial charge in [0.15, 0.2) is 5.76 Å². The SMILES string of the molecule is O=C(O)C1CCN(c2cc(-c3ccco3)ncn2)CC1. The Morgan fingerprint density at radius 2 is 2.15 bits per heavy atom. The number of carboxylic acid groups (broad SMARTS) is 1. The van der Waals surface area contributed by atoms with Crippen molar-refractivity contribution in [3.63, 3.8) is 0 Å². The second-order valence-electron chi connectivity index (χ2n) is 4.84. The standard InChI is InChI=1S/C14H15N3O3/c18-14(19)10-3-5-17(6-4-10)13-8-11(15-9-16-13)12-2-1-7-20-12/h1-2,7-10H,3-6H2,(H,18,19). The summed E-state index contributed by atoms with van der Waals surface area (Å²) in [5.74, 6) is 0.575. The van der Waals surface area contributed by atoms with E-state index in [1.807, 2.05) is 18.2 Å². The van der Waals surface area contributed by atoms with E-state index in [0.717, 1.165) is 11.5 Å². The Labute approximate surface area is 116 Å². The van der Waals surface area contributed by atoms with Gasteiger partial charge in [0, 0.05) is 19.2 Å². The van der Waals surface area contributed by atoms with Gasteiger partial charge in [-0.05, 0) is 25.0 Å². The molecule has 0 amide bonds. The van der Waals surface area contributed by atoms with Crippen LogP contribution in [0.3, 0.4) is 0 Å². The summed E-state index contributed by atoms with van der Waals surface area (Å²) in [4.78, 5) is 21.5. The molecule has 0 bridgehead atoms. The van der Waals surface area contributed by atoms with Crippen molar-refractivity contribution in [3.8, 4) is 11.5 Å². The Hall–Kier alpha value is -2.37. The van der Waals surface area contributed by atoms with Crippen LogP contribution in [0.1, 0.15) is 12.8 Å². The number of aromatic nitrogens is 2. The Bertz CT molecular complexity index is 589. The number of nitrogens with zero attached hydrogens (tertiary/aromatic N) is 3. The molecule has 1 aliphatic rings. The van der Waals surface area contributed by atoms with Gasteiger partial charge >= 0.3 is 5.97 Å². The minimum absolute atomic E-state index is 0.238. The number of anilines is 1. The molecule has 104 valence electrons. The Kier molecular flexibility index (Phi) is 3.37. The number of aliphatic carboxylic acids is 1. The van der Waals surface area contributed by atoms with E-state index >= 15 is 0 Å². The lowest BCUT2D eigenvalue weighted by Crippen LogP contribution is -2.36. The van der Waals surface area contributed by atoms with Gasteiger partial charge in [-0.3, -0.25) is 4.79 Å². The first-order valence-electron chi connectivity index (χ1n) is 6.58. The molecular formula is C14H15N3O3. The molecule has 0 saturated carbocycles. The van der Waals surface area contributed by atoms with Crippen molar-refractivity contribution < 1.29 is 14.3 Å². The van der Waals surface area contributed by atoms with Gasteiger partial charge in [-0.2, -0.15) is 0 Å². The van der Waals surface area contributed by atoms with Crippen LogP contribution in [0.5, 0.6) is 0 Å². The van der Waals surface area contributed by atoms with E-state index in [9.17, 15) is 4.79 Å². The number of rotatable bonds is 3. The minimum Gasteiger partial charge on any atom is -0.481 e. The van der Waals surface area contributed by atoms with Crippen molar-refractivity contribution in [2.45, 2.75) is 12.8 Å². The number of piperidine rings is 1. The first-order valence-corrected chi connectivity index (χ1v) is 6.58. The third-order valence-corrected chi connectivity index (χ3v) is 3.59. The van der Waals surface area contributed by atoms with Crippen LogP contribution in [-0.4, -0.2) is 34.1 Å². The molecule has 2 aromatic heterocycles. The van der Waals surface area contributed by atoms with Crippen molar-refractivity contribution in [2.24, 2.45) is 5.92 Å². The van der Waals surface area contributed by atoms with Crippen molar-refractivity contribution >= 4 is 11.8 Å². The second kappa shape index (κ2) is 5.32. The Morgan fingerprint density at radius 1 is 1.35 bits per heavy atom. The van der Waals surface area contributed by atoms with Crippen LogP contribution in [0.25, 0.3) is 11.5 Å². The van der Waals surface area contributed by atoms with Gasteiger partial charge in [0.2, 0.25) is 0 Å². The molecular weight excluding hydrogens is 258 g/mol. The molecule has 0 radical (unpaired) electrons. The van der Waals surface area contributed by atoms with Gasteiger partial charge in [-0.25, -0.2) is 9.97 Å². The molecule has 2 aromatic rings. The molecule has 0 aliphatic carbocycles. The number of hydrogen-bond donors (Lipinski definition) is 1. The summed E-state index contributed by atoms with van der Waals surface area (Å²) in [5, 5.41) is 9.01. The van der Waals surface area contributed by atoms with Crippen LogP contribution in [0.2, 0.25) is 0 Å². The average Bonchev–Trinajstić information content (AvgIpc) is 3.02. The highest BCUT2D eigenvalue weighted by Crippen LogP contribution is 2.25. The quantitative estimate of drug-likeness (QED) is 0.921. The first kappa shape index (κ1) is 12.7. The van der Waals surface area contributed by atoms with Crippen LogP contribution in [0.4, 0.5) is 5.82 Å². The molecule has 1 aliphatic heterocycles. The van der Waals surface area contributed by atoms with E-state index in [2.05, 4.69) is 14.9 Å². The van der Waals surface area contributed by atoms with Gasteiger partial charge in [-0.1, -0.05) is 0 Å².